The van der Waals surface area contributed by atoms with Crippen LogP contribution in [0.3, 0.4) is 0 Å². The Morgan fingerprint density at radius 1 is 1.19 bits per heavy atom. The maximum Gasteiger partial charge on any atom is 0.237 e. The second-order valence-corrected chi connectivity index (χ2v) is 8.75. The first-order chi connectivity index (χ1) is 15.4. The second kappa shape index (κ2) is 9.93. The van der Waals surface area contributed by atoms with Crippen LogP contribution in [-0.2, 0) is 13.5 Å². The third-order valence-corrected chi connectivity index (χ3v) is 6.25. The molecule has 0 bridgehead atoms. The third-order valence-electron chi connectivity index (χ3n) is 5.21. The van der Waals surface area contributed by atoms with Gasteiger partial charge in [-0.15, -0.1) is 0 Å². The molecule has 32 heavy (non-hydrogen) atoms. The van der Waals surface area contributed by atoms with Gasteiger partial charge in [0.15, 0.2) is 11.6 Å². The van der Waals surface area contributed by atoms with Gasteiger partial charge in [-0.2, -0.15) is 15.1 Å². The summed E-state index contributed by atoms with van der Waals surface area (Å²) >= 11 is 7.69. The lowest BCUT2D eigenvalue weighted by Crippen LogP contribution is -2.44. The van der Waals surface area contributed by atoms with E-state index < -0.39 is 5.82 Å². The Labute approximate surface area is 195 Å². The zero-order valence-electron chi connectivity index (χ0n) is 18.2. The number of hydrogen-bond acceptors (Lipinski definition) is 8. The van der Waals surface area contributed by atoms with E-state index in [4.69, 9.17) is 16.3 Å². The highest BCUT2D eigenvalue weighted by Crippen LogP contribution is 2.35. The molecule has 0 atom stereocenters. The number of ether oxygens (including phenoxy) is 1. The van der Waals surface area contributed by atoms with Crippen molar-refractivity contribution in [1.29, 1.82) is 0 Å². The van der Waals surface area contributed by atoms with Gasteiger partial charge in [-0.1, -0.05) is 24.6 Å². The average molecular weight is 478 g/mol. The summed E-state index contributed by atoms with van der Waals surface area (Å²) in [6.07, 6.45) is 4.12. The standard InChI is InChI=1S/C21H25ClFN7OS/c1-4-15-19(22)25-21(27-32-14-12-24-29(3)13-14)26-20(15)31-17-7-5-6-16(18(17)23)30-10-8-28(2)9-11-30/h5-7,12-13H,4,8-11H2,1-3H3,(H,25,26,27). The molecule has 0 unspecified atom stereocenters. The quantitative estimate of drug-likeness (QED) is 0.400. The molecular weight excluding hydrogens is 453 g/mol. The number of anilines is 2. The first kappa shape index (κ1) is 22.6. The van der Waals surface area contributed by atoms with E-state index in [-0.39, 0.29) is 22.7 Å². The Morgan fingerprint density at radius 3 is 2.66 bits per heavy atom. The molecule has 3 aromatic rings. The van der Waals surface area contributed by atoms with Crippen LogP contribution < -0.4 is 14.4 Å². The van der Waals surface area contributed by atoms with Crippen LogP contribution in [0.1, 0.15) is 12.5 Å². The first-order valence-electron chi connectivity index (χ1n) is 10.3. The summed E-state index contributed by atoms with van der Waals surface area (Å²) in [7, 11) is 3.90. The first-order valence-corrected chi connectivity index (χ1v) is 11.5. The van der Waals surface area contributed by atoms with Gasteiger partial charge in [-0.25, -0.2) is 4.39 Å². The van der Waals surface area contributed by atoms with Gasteiger partial charge >= 0.3 is 0 Å². The zero-order chi connectivity index (χ0) is 22.7. The topological polar surface area (TPSA) is 71.3 Å². The predicted octanol–water partition coefficient (Wildman–Crippen LogP) is 4.23. The van der Waals surface area contributed by atoms with Gasteiger partial charge in [-0.3, -0.25) is 9.40 Å². The normalized spacial score (nSPS) is 14.6. The summed E-state index contributed by atoms with van der Waals surface area (Å²) in [6, 6.07) is 5.17. The SMILES string of the molecule is CCc1c(Cl)nc(NSc2cnn(C)c2)nc1Oc1cccc(N2CCN(C)CC2)c1F. The molecular formula is C21H25ClFN7OS. The lowest BCUT2D eigenvalue weighted by atomic mass is 10.2. The molecule has 2 aromatic heterocycles. The number of likely N-dealkylation sites (N-methyl/N-ethyl adjacent to an activating group) is 1. The Bertz CT molecular complexity index is 1090. The molecule has 8 nitrogen and oxygen atoms in total. The fraction of sp³-hybridized carbons (Fsp3) is 0.381. The van der Waals surface area contributed by atoms with Crippen molar-refractivity contribution < 1.29 is 9.13 Å². The van der Waals surface area contributed by atoms with Crippen molar-refractivity contribution in [3.8, 4) is 11.6 Å². The Hall–Kier alpha value is -2.56. The molecule has 4 rings (SSSR count). The number of nitrogens with one attached hydrogen (secondary N) is 1. The molecule has 1 aliphatic heterocycles. The maximum atomic E-state index is 15.4. The molecule has 1 aromatic carbocycles. The van der Waals surface area contributed by atoms with E-state index in [1.807, 2.05) is 25.1 Å². The summed E-state index contributed by atoms with van der Waals surface area (Å²) in [5, 5.41) is 4.39. The minimum Gasteiger partial charge on any atom is -0.435 e. The fourth-order valence-corrected chi connectivity index (χ4v) is 4.29. The highest BCUT2D eigenvalue weighted by atomic mass is 35.5. The van der Waals surface area contributed by atoms with Crippen LogP contribution in [0.4, 0.5) is 16.0 Å². The van der Waals surface area contributed by atoms with Gasteiger partial charge in [0.25, 0.3) is 0 Å². The van der Waals surface area contributed by atoms with E-state index in [0.29, 0.717) is 17.7 Å². The molecule has 0 amide bonds. The molecule has 170 valence electrons. The number of piperazine rings is 1. The van der Waals surface area contributed by atoms with E-state index >= 15 is 4.39 Å². The lowest BCUT2D eigenvalue weighted by molar-refractivity contribution is 0.311. The smallest absolute Gasteiger partial charge is 0.237 e. The van der Waals surface area contributed by atoms with Crippen LogP contribution in [0.5, 0.6) is 11.6 Å². The lowest BCUT2D eigenvalue weighted by Gasteiger charge is -2.34. The second-order valence-electron chi connectivity index (χ2n) is 7.51. The molecule has 0 radical (unpaired) electrons. The van der Waals surface area contributed by atoms with Crippen LogP contribution in [-0.4, -0.2) is 57.9 Å². The minimum atomic E-state index is -0.409. The van der Waals surface area contributed by atoms with Crippen molar-refractivity contribution in [2.75, 3.05) is 42.8 Å². The van der Waals surface area contributed by atoms with Crippen molar-refractivity contribution in [2.45, 2.75) is 18.2 Å². The number of hydrogen-bond donors (Lipinski definition) is 1. The van der Waals surface area contributed by atoms with E-state index in [1.165, 1.54) is 11.9 Å². The average Bonchev–Trinajstić information content (AvgIpc) is 3.19. The van der Waals surface area contributed by atoms with E-state index in [2.05, 4.69) is 31.7 Å². The van der Waals surface area contributed by atoms with Gasteiger partial charge < -0.3 is 14.5 Å². The van der Waals surface area contributed by atoms with Gasteiger partial charge in [-0.05, 0) is 37.5 Å². The Morgan fingerprint density at radius 2 is 1.97 bits per heavy atom. The molecule has 1 fully saturated rings. The van der Waals surface area contributed by atoms with Crippen LogP contribution in [0.15, 0.2) is 35.5 Å². The number of nitrogens with zero attached hydrogens (tertiary/aromatic N) is 6. The Balaban J connectivity index is 1.57. The van der Waals surface area contributed by atoms with Crippen molar-refractivity contribution in [2.24, 2.45) is 7.05 Å². The third kappa shape index (κ3) is 5.08. The van der Waals surface area contributed by atoms with E-state index in [0.717, 1.165) is 31.1 Å². The Kier molecular flexibility index (Phi) is 7.02. The molecule has 11 heteroatoms. The number of aryl methyl sites for hydroxylation is 1. The summed E-state index contributed by atoms with van der Waals surface area (Å²) < 4.78 is 26.1. The highest BCUT2D eigenvalue weighted by Gasteiger charge is 2.21. The van der Waals surface area contributed by atoms with E-state index in [9.17, 15) is 0 Å². The fourth-order valence-electron chi connectivity index (χ4n) is 3.39. The van der Waals surface area contributed by atoms with Gasteiger partial charge in [0, 0.05) is 39.4 Å². The molecule has 0 aliphatic carbocycles. The molecule has 0 saturated carbocycles. The molecule has 3 heterocycles. The summed E-state index contributed by atoms with van der Waals surface area (Å²) in [6.45, 7) is 5.21. The number of halogens is 2. The molecule has 1 aliphatic rings. The van der Waals surface area contributed by atoms with Crippen LogP contribution in [0, 0.1) is 5.82 Å². The van der Waals surface area contributed by atoms with Crippen molar-refractivity contribution in [3.05, 3.63) is 47.1 Å². The number of benzene rings is 1. The van der Waals surface area contributed by atoms with Gasteiger partial charge in [0.1, 0.15) is 5.15 Å². The highest BCUT2D eigenvalue weighted by molar-refractivity contribution is 8.00. The van der Waals surface area contributed by atoms with Gasteiger partial charge in [0.2, 0.25) is 11.8 Å². The zero-order valence-corrected chi connectivity index (χ0v) is 19.8. The minimum absolute atomic E-state index is 0.108. The van der Waals surface area contributed by atoms with Gasteiger partial charge in [0.05, 0.1) is 22.3 Å². The van der Waals surface area contributed by atoms with Crippen molar-refractivity contribution >= 4 is 35.2 Å². The monoisotopic (exact) mass is 477 g/mol. The molecule has 1 saturated heterocycles. The van der Waals surface area contributed by atoms with Crippen LogP contribution in [0.2, 0.25) is 5.15 Å². The summed E-state index contributed by atoms with van der Waals surface area (Å²) in [4.78, 5) is 13.9. The van der Waals surface area contributed by atoms with Crippen LogP contribution >= 0.6 is 23.5 Å². The molecule has 1 N–H and O–H groups in total. The largest absolute Gasteiger partial charge is 0.435 e. The summed E-state index contributed by atoms with van der Waals surface area (Å²) in [5.41, 5.74) is 1.15. The van der Waals surface area contributed by atoms with Crippen LogP contribution in [0.25, 0.3) is 0 Å². The number of aromatic nitrogens is 4. The number of rotatable bonds is 7. The maximum absolute atomic E-state index is 15.4. The molecule has 0 spiro atoms. The van der Waals surface area contributed by atoms with Crippen molar-refractivity contribution in [3.63, 3.8) is 0 Å². The van der Waals surface area contributed by atoms with E-state index in [1.54, 1.807) is 29.1 Å². The predicted molar refractivity (Wildman–Crippen MR) is 125 cm³/mol. The summed E-state index contributed by atoms with van der Waals surface area (Å²) in [5.74, 6) is 0.202. The van der Waals surface area contributed by atoms with Crippen molar-refractivity contribution in [1.82, 2.24) is 24.6 Å².